The first-order chi connectivity index (χ1) is 13.8. The summed E-state index contributed by atoms with van der Waals surface area (Å²) in [5, 5.41) is 0. The number of hydrogen-bond acceptors (Lipinski definition) is 6. The van der Waals surface area contributed by atoms with Crippen molar-refractivity contribution in [1.29, 1.82) is 0 Å². The molecule has 0 N–H and O–H groups in total. The van der Waals surface area contributed by atoms with Crippen molar-refractivity contribution in [3.63, 3.8) is 0 Å². The zero-order valence-corrected chi connectivity index (χ0v) is 18.1. The van der Waals surface area contributed by atoms with Crippen LogP contribution >= 0.6 is 0 Å². The molecule has 162 valence electrons. The second kappa shape index (κ2) is 10.7. The average molecular weight is 427 g/mol. The molecule has 0 aromatic heterocycles. The molecule has 1 aliphatic heterocycles. The minimum absolute atomic E-state index is 0.164. The smallest absolute Gasteiger partial charge is 0.325 e. The number of sulfonamides is 1. The van der Waals surface area contributed by atoms with Gasteiger partial charge in [0.15, 0.2) is 0 Å². The van der Waals surface area contributed by atoms with E-state index in [1.165, 1.54) is 40.6 Å². The molecule has 9 heteroatoms. The molecule has 29 heavy (non-hydrogen) atoms. The van der Waals surface area contributed by atoms with Crippen molar-refractivity contribution >= 4 is 21.9 Å². The van der Waals surface area contributed by atoms with Crippen LogP contribution in [0.25, 0.3) is 0 Å². The number of piperidine rings is 1. The number of amides is 1. The maximum atomic E-state index is 12.8. The SMILES string of the molecule is CCOC(=O)CN(CCOC)C(=O)c1ccc(S(=O)(=O)N2CCC(C)CC2)cc1. The van der Waals surface area contributed by atoms with Crippen LogP contribution < -0.4 is 0 Å². The van der Waals surface area contributed by atoms with Gasteiger partial charge in [-0.3, -0.25) is 9.59 Å². The van der Waals surface area contributed by atoms with Crippen LogP contribution in [0.5, 0.6) is 0 Å². The fraction of sp³-hybridized carbons (Fsp3) is 0.600. The molecule has 1 aliphatic rings. The molecular weight excluding hydrogens is 396 g/mol. The van der Waals surface area contributed by atoms with Gasteiger partial charge in [0.25, 0.3) is 5.91 Å². The second-order valence-electron chi connectivity index (χ2n) is 7.14. The van der Waals surface area contributed by atoms with E-state index in [1.807, 2.05) is 0 Å². The number of carbonyl (C=O) groups is 2. The highest BCUT2D eigenvalue weighted by Gasteiger charge is 2.28. The number of rotatable bonds is 9. The van der Waals surface area contributed by atoms with E-state index in [0.29, 0.717) is 24.6 Å². The summed E-state index contributed by atoms with van der Waals surface area (Å²) < 4.78 is 37.1. The average Bonchev–Trinajstić information content (AvgIpc) is 2.71. The van der Waals surface area contributed by atoms with Crippen molar-refractivity contribution in [2.24, 2.45) is 5.92 Å². The molecule has 0 atom stereocenters. The van der Waals surface area contributed by atoms with Gasteiger partial charge in [0.05, 0.1) is 18.1 Å². The maximum Gasteiger partial charge on any atom is 0.325 e. The van der Waals surface area contributed by atoms with Crippen molar-refractivity contribution in [2.75, 3.05) is 46.5 Å². The van der Waals surface area contributed by atoms with Gasteiger partial charge in [-0.05, 0) is 49.9 Å². The van der Waals surface area contributed by atoms with Crippen LogP contribution in [0, 0.1) is 5.92 Å². The van der Waals surface area contributed by atoms with Crippen LogP contribution in [0.15, 0.2) is 29.2 Å². The minimum atomic E-state index is -3.57. The summed E-state index contributed by atoms with van der Waals surface area (Å²) in [5.74, 6) is -0.361. The lowest BCUT2D eigenvalue weighted by Gasteiger charge is -2.29. The highest BCUT2D eigenvalue weighted by atomic mass is 32.2. The van der Waals surface area contributed by atoms with Crippen molar-refractivity contribution in [1.82, 2.24) is 9.21 Å². The summed E-state index contributed by atoms with van der Waals surface area (Å²) >= 11 is 0. The first-order valence-electron chi connectivity index (χ1n) is 9.83. The second-order valence-corrected chi connectivity index (χ2v) is 9.07. The first kappa shape index (κ1) is 23.3. The third-order valence-electron chi connectivity index (χ3n) is 4.96. The predicted molar refractivity (Wildman–Crippen MR) is 108 cm³/mol. The lowest BCUT2D eigenvalue weighted by atomic mass is 10.0. The van der Waals surface area contributed by atoms with Gasteiger partial charge >= 0.3 is 5.97 Å². The Labute approximate surface area is 172 Å². The Kier molecular flexibility index (Phi) is 8.60. The Hall–Kier alpha value is -1.97. The van der Waals surface area contributed by atoms with E-state index in [0.717, 1.165) is 12.8 Å². The molecule has 1 fully saturated rings. The summed E-state index contributed by atoms with van der Waals surface area (Å²) in [4.78, 5) is 26.1. The van der Waals surface area contributed by atoms with Crippen molar-refractivity contribution in [3.8, 4) is 0 Å². The number of carbonyl (C=O) groups excluding carboxylic acids is 2. The van der Waals surface area contributed by atoms with Gasteiger partial charge in [-0.1, -0.05) is 6.92 Å². The summed E-state index contributed by atoms with van der Waals surface area (Å²) in [6.45, 7) is 5.36. The number of ether oxygens (including phenoxy) is 2. The van der Waals surface area contributed by atoms with Gasteiger partial charge < -0.3 is 14.4 Å². The van der Waals surface area contributed by atoms with Gasteiger partial charge in [0, 0.05) is 32.3 Å². The van der Waals surface area contributed by atoms with Crippen LogP contribution in [-0.2, 0) is 24.3 Å². The summed E-state index contributed by atoms with van der Waals surface area (Å²) in [7, 11) is -2.07. The van der Waals surface area contributed by atoms with Crippen LogP contribution in [0.3, 0.4) is 0 Å². The topological polar surface area (TPSA) is 93.2 Å². The number of methoxy groups -OCH3 is 1. The third-order valence-corrected chi connectivity index (χ3v) is 6.87. The van der Waals surface area contributed by atoms with E-state index in [9.17, 15) is 18.0 Å². The Balaban J connectivity index is 2.13. The maximum absolute atomic E-state index is 12.8. The van der Waals surface area contributed by atoms with Gasteiger partial charge in [0.1, 0.15) is 6.54 Å². The minimum Gasteiger partial charge on any atom is -0.465 e. The molecule has 1 heterocycles. The number of benzene rings is 1. The number of esters is 1. The summed E-state index contributed by atoms with van der Waals surface area (Å²) in [6.07, 6.45) is 1.69. The van der Waals surface area contributed by atoms with E-state index in [4.69, 9.17) is 9.47 Å². The van der Waals surface area contributed by atoms with Gasteiger partial charge in [0.2, 0.25) is 10.0 Å². The molecule has 0 radical (unpaired) electrons. The fourth-order valence-corrected chi connectivity index (χ4v) is 4.61. The van der Waals surface area contributed by atoms with E-state index in [-0.39, 0.29) is 37.1 Å². The van der Waals surface area contributed by atoms with E-state index >= 15 is 0 Å². The van der Waals surface area contributed by atoms with Crippen LogP contribution in [0.4, 0.5) is 0 Å². The van der Waals surface area contributed by atoms with Gasteiger partial charge in [-0.15, -0.1) is 0 Å². The standard InChI is InChI=1S/C20H30N2O6S/c1-4-28-19(23)15-21(13-14-27-3)20(24)17-5-7-18(8-6-17)29(25,26)22-11-9-16(2)10-12-22/h5-8,16H,4,9-15H2,1-3H3. The Morgan fingerprint density at radius 1 is 1.17 bits per heavy atom. The Bertz CT molecular complexity index is 786. The summed E-state index contributed by atoms with van der Waals surface area (Å²) in [5.41, 5.74) is 0.302. The van der Waals surface area contributed by atoms with E-state index in [2.05, 4.69) is 6.92 Å². The molecule has 0 spiro atoms. The van der Waals surface area contributed by atoms with Crippen molar-refractivity contribution in [2.45, 2.75) is 31.6 Å². The molecular formula is C20H30N2O6S. The molecule has 1 amide bonds. The monoisotopic (exact) mass is 426 g/mol. The van der Waals surface area contributed by atoms with Gasteiger partial charge in [-0.2, -0.15) is 4.31 Å². The molecule has 8 nitrogen and oxygen atoms in total. The highest BCUT2D eigenvalue weighted by Crippen LogP contribution is 2.23. The lowest BCUT2D eigenvalue weighted by molar-refractivity contribution is -0.143. The van der Waals surface area contributed by atoms with E-state index < -0.39 is 16.0 Å². The Morgan fingerprint density at radius 3 is 2.34 bits per heavy atom. The lowest BCUT2D eigenvalue weighted by Crippen LogP contribution is -2.39. The summed E-state index contributed by atoms with van der Waals surface area (Å²) in [6, 6.07) is 5.85. The van der Waals surface area contributed by atoms with Crippen LogP contribution in [0.1, 0.15) is 37.0 Å². The molecule has 2 rings (SSSR count). The molecule has 1 aromatic rings. The van der Waals surface area contributed by atoms with Crippen molar-refractivity contribution in [3.05, 3.63) is 29.8 Å². The van der Waals surface area contributed by atoms with Gasteiger partial charge in [-0.25, -0.2) is 8.42 Å². The molecule has 0 saturated carbocycles. The largest absolute Gasteiger partial charge is 0.465 e. The molecule has 0 aliphatic carbocycles. The van der Waals surface area contributed by atoms with Crippen LogP contribution in [0.2, 0.25) is 0 Å². The highest BCUT2D eigenvalue weighted by molar-refractivity contribution is 7.89. The zero-order valence-electron chi connectivity index (χ0n) is 17.3. The molecule has 0 bridgehead atoms. The zero-order chi connectivity index (χ0) is 21.4. The normalized spacial score (nSPS) is 15.8. The number of hydrogen-bond donors (Lipinski definition) is 0. The van der Waals surface area contributed by atoms with E-state index in [1.54, 1.807) is 6.92 Å². The Morgan fingerprint density at radius 2 is 1.79 bits per heavy atom. The van der Waals surface area contributed by atoms with Crippen molar-refractivity contribution < 1.29 is 27.5 Å². The quantitative estimate of drug-likeness (QED) is 0.559. The molecule has 0 unspecified atom stereocenters. The fourth-order valence-electron chi connectivity index (χ4n) is 3.14. The first-order valence-corrected chi connectivity index (χ1v) is 11.3. The molecule has 1 saturated heterocycles. The molecule has 1 aromatic carbocycles. The van der Waals surface area contributed by atoms with Crippen LogP contribution in [-0.4, -0.2) is 76.0 Å². The number of nitrogens with zero attached hydrogens (tertiary/aromatic N) is 2. The third kappa shape index (κ3) is 6.25. The predicted octanol–water partition coefficient (Wildman–Crippen LogP) is 1.76.